The molecule has 8 nitrogen and oxygen atoms in total. The van der Waals surface area contributed by atoms with Gasteiger partial charge < -0.3 is 19.5 Å². The first-order valence-electron chi connectivity index (χ1n) is 12.3. The molecule has 35 heavy (non-hydrogen) atoms. The number of halogens is 1. The van der Waals surface area contributed by atoms with Crippen LogP contribution in [0, 0.1) is 11.7 Å². The van der Waals surface area contributed by atoms with Gasteiger partial charge in [-0.2, -0.15) is 0 Å². The standard InChI is InChI=1S/C26H30FN5O3/c1-26(2)34-21-19(12-11-17-9-5-6-10-18(17)27)33-25(22(21)35-26)32-15-31-20-23(29-14-30-24(20)32)28-13-16-7-3-4-8-16/h5-6,9-12,14-16,19,21-22,25H,3-4,7-8,13H2,1-2H3,(H,28,29,30)/t19-,21-,22-,25-/m1/s1. The summed E-state index contributed by atoms with van der Waals surface area (Å²) in [5.74, 6) is 0.360. The minimum Gasteiger partial charge on any atom is -0.368 e. The number of aromatic nitrogens is 4. The predicted molar refractivity (Wildman–Crippen MR) is 129 cm³/mol. The van der Waals surface area contributed by atoms with Crippen LogP contribution < -0.4 is 5.32 Å². The van der Waals surface area contributed by atoms with Crippen molar-refractivity contribution in [2.24, 2.45) is 5.92 Å². The molecule has 1 N–H and O–H groups in total. The molecule has 1 aromatic carbocycles. The van der Waals surface area contributed by atoms with E-state index < -0.39 is 18.1 Å². The smallest absolute Gasteiger partial charge is 0.167 e. The second-order valence-electron chi connectivity index (χ2n) is 10.0. The fourth-order valence-corrected chi connectivity index (χ4v) is 5.42. The number of nitrogens with one attached hydrogen (secondary N) is 1. The Bertz CT molecular complexity index is 1240. The average Bonchev–Trinajstić information content (AvgIpc) is 3.61. The van der Waals surface area contributed by atoms with Crippen LogP contribution in [0.2, 0.25) is 0 Å². The number of anilines is 1. The Balaban J connectivity index is 1.28. The van der Waals surface area contributed by atoms with E-state index in [0.717, 1.165) is 12.4 Å². The Morgan fingerprint density at radius 1 is 1.11 bits per heavy atom. The topological polar surface area (TPSA) is 83.3 Å². The quantitative estimate of drug-likeness (QED) is 0.549. The lowest BCUT2D eigenvalue weighted by atomic mass is 10.1. The first-order valence-corrected chi connectivity index (χ1v) is 12.3. The van der Waals surface area contributed by atoms with E-state index in [0.29, 0.717) is 22.6 Å². The summed E-state index contributed by atoms with van der Waals surface area (Å²) in [6, 6.07) is 6.64. The van der Waals surface area contributed by atoms with Gasteiger partial charge in [0, 0.05) is 12.1 Å². The largest absolute Gasteiger partial charge is 0.368 e. The SMILES string of the molecule is CC1(C)O[C@@H]2[C@H](O1)[C@@H](C=Cc1ccccc1F)O[C@H]2n1cnc2c(NCC3CCCC3)ncnc21. The molecule has 3 fully saturated rings. The highest BCUT2D eigenvalue weighted by molar-refractivity contribution is 5.82. The molecule has 0 amide bonds. The van der Waals surface area contributed by atoms with E-state index in [4.69, 9.17) is 14.2 Å². The number of nitrogens with zero attached hydrogens (tertiary/aromatic N) is 4. The number of benzene rings is 1. The Morgan fingerprint density at radius 3 is 2.74 bits per heavy atom. The lowest BCUT2D eigenvalue weighted by Crippen LogP contribution is -2.28. The molecule has 184 valence electrons. The van der Waals surface area contributed by atoms with E-state index in [-0.39, 0.29) is 18.0 Å². The zero-order valence-corrected chi connectivity index (χ0v) is 19.9. The first kappa shape index (κ1) is 22.6. The fraction of sp³-hybridized carbons (Fsp3) is 0.500. The van der Waals surface area contributed by atoms with Crippen LogP contribution in [0.4, 0.5) is 10.2 Å². The van der Waals surface area contributed by atoms with E-state index in [2.05, 4.69) is 20.3 Å². The normalized spacial score (nSPS) is 28.3. The number of fused-ring (bicyclic) bond motifs is 2. The molecule has 0 radical (unpaired) electrons. The first-order chi connectivity index (χ1) is 17.0. The molecule has 4 atom stereocenters. The Morgan fingerprint density at radius 2 is 1.91 bits per heavy atom. The molecular weight excluding hydrogens is 449 g/mol. The van der Waals surface area contributed by atoms with Crippen molar-refractivity contribution in [3.05, 3.63) is 54.4 Å². The van der Waals surface area contributed by atoms with Crippen molar-refractivity contribution in [1.29, 1.82) is 0 Å². The monoisotopic (exact) mass is 479 g/mol. The van der Waals surface area contributed by atoms with Crippen molar-refractivity contribution < 1.29 is 18.6 Å². The molecule has 1 saturated carbocycles. The van der Waals surface area contributed by atoms with Gasteiger partial charge in [-0.1, -0.05) is 43.2 Å². The fourth-order valence-electron chi connectivity index (χ4n) is 5.42. The molecule has 2 aliphatic heterocycles. The zero-order chi connectivity index (χ0) is 24.0. The van der Waals surface area contributed by atoms with Gasteiger partial charge in [-0.15, -0.1) is 0 Å². The van der Waals surface area contributed by atoms with Gasteiger partial charge >= 0.3 is 0 Å². The molecule has 2 saturated heterocycles. The van der Waals surface area contributed by atoms with Crippen molar-refractivity contribution in [2.45, 2.75) is 69.9 Å². The van der Waals surface area contributed by atoms with Gasteiger partial charge in [0.25, 0.3) is 0 Å². The number of ether oxygens (including phenoxy) is 3. The van der Waals surface area contributed by atoms with Crippen LogP contribution in [-0.4, -0.2) is 50.2 Å². The van der Waals surface area contributed by atoms with Crippen LogP contribution in [-0.2, 0) is 14.2 Å². The molecule has 9 heteroatoms. The van der Waals surface area contributed by atoms with Gasteiger partial charge in [-0.05, 0) is 38.7 Å². The van der Waals surface area contributed by atoms with Gasteiger partial charge in [0.05, 0.1) is 6.33 Å². The van der Waals surface area contributed by atoms with Crippen LogP contribution in [0.15, 0.2) is 43.0 Å². The van der Waals surface area contributed by atoms with Crippen molar-refractivity contribution in [3.63, 3.8) is 0 Å². The summed E-state index contributed by atoms with van der Waals surface area (Å²) in [6.45, 7) is 4.66. The minimum atomic E-state index is -0.763. The molecule has 4 heterocycles. The molecule has 6 rings (SSSR count). The van der Waals surface area contributed by atoms with Crippen LogP contribution >= 0.6 is 0 Å². The van der Waals surface area contributed by atoms with Crippen molar-refractivity contribution in [1.82, 2.24) is 19.5 Å². The second kappa shape index (κ2) is 8.96. The molecule has 3 aliphatic rings. The maximum atomic E-state index is 14.1. The highest BCUT2D eigenvalue weighted by Crippen LogP contribution is 2.44. The summed E-state index contributed by atoms with van der Waals surface area (Å²) in [7, 11) is 0. The molecule has 1 aliphatic carbocycles. The highest BCUT2D eigenvalue weighted by Gasteiger charge is 2.55. The van der Waals surface area contributed by atoms with E-state index in [9.17, 15) is 4.39 Å². The third kappa shape index (κ3) is 4.32. The third-order valence-electron chi connectivity index (χ3n) is 7.10. The zero-order valence-electron chi connectivity index (χ0n) is 19.9. The number of hydrogen-bond donors (Lipinski definition) is 1. The van der Waals surface area contributed by atoms with Crippen LogP contribution in [0.25, 0.3) is 17.2 Å². The summed E-state index contributed by atoms with van der Waals surface area (Å²) in [6.07, 6.45) is 10.3. The maximum Gasteiger partial charge on any atom is 0.167 e. The number of hydrogen-bond acceptors (Lipinski definition) is 7. The van der Waals surface area contributed by atoms with Crippen molar-refractivity contribution in [2.75, 3.05) is 11.9 Å². The van der Waals surface area contributed by atoms with E-state index >= 15 is 0 Å². The number of imidazole rings is 1. The van der Waals surface area contributed by atoms with E-state index in [1.165, 1.54) is 31.7 Å². The third-order valence-corrected chi connectivity index (χ3v) is 7.10. The van der Waals surface area contributed by atoms with Gasteiger partial charge in [0.2, 0.25) is 0 Å². The van der Waals surface area contributed by atoms with Crippen LogP contribution in [0.5, 0.6) is 0 Å². The predicted octanol–water partition coefficient (Wildman–Crippen LogP) is 4.70. The van der Waals surface area contributed by atoms with Crippen LogP contribution in [0.1, 0.15) is 51.3 Å². The summed E-state index contributed by atoms with van der Waals surface area (Å²) in [4.78, 5) is 13.6. The molecular formula is C26H30FN5O3. The summed E-state index contributed by atoms with van der Waals surface area (Å²) in [5, 5.41) is 3.48. The van der Waals surface area contributed by atoms with Gasteiger partial charge in [0.15, 0.2) is 29.0 Å². The summed E-state index contributed by atoms with van der Waals surface area (Å²) < 4.78 is 34.9. The van der Waals surface area contributed by atoms with Crippen LogP contribution in [0.3, 0.4) is 0 Å². The molecule has 0 unspecified atom stereocenters. The van der Waals surface area contributed by atoms with E-state index in [1.807, 2.05) is 24.5 Å². The second-order valence-corrected chi connectivity index (χ2v) is 10.0. The average molecular weight is 480 g/mol. The lowest BCUT2D eigenvalue weighted by molar-refractivity contribution is -0.191. The molecule has 3 aromatic rings. The Hall–Kier alpha value is -2.88. The minimum absolute atomic E-state index is 0.284. The summed E-state index contributed by atoms with van der Waals surface area (Å²) in [5.41, 5.74) is 1.87. The van der Waals surface area contributed by atoms with Gasteiger partial charge in [-0.3, -0.25) is 4.57 Å². The summed E-state index contributed by atoms with van der Waals surface area (Å²) >= 11 is 0. The molecule has 2 aromatic heterocycles. The highest BCUT2D eigenvalue weighted by atomic mass is 19.1. The van der Waals surface area contributed by atoms with Gasteiger partial charge in [-0.25, -0.2) is 19.3 Å². The molecule has 0 bridgehead atoms. The number of rotatable bonds is 6. The molecule has 0 spiro atoms. The van der Waals surface area contributed by atoms with Gasteiger partial charge in [0.1, 0.15) is 30.5 Å². The maximum absolute atomic E-state index is 14.1. The van der Waals surface area contributed by atoms with Crippen molar-refractivity contribution in [3.8, 4) is 0 Å². The van der Waals surface area contributed by atoms with E-state index in [1.54, 1.807) is 36.9 Å². The Labute approximate surface area is 203 Å². The Kier molecular flexibility index (Phi) is 5.78. The lowest BCUT2D eigenvalue weighted by Gasteiger charge is -2.24. The van der Waals surface area contributed by atoms with Crippen molar-refractivity contribution >= 4 is 23.1 Å².